The summed E-state index contributed by atoms with van der Waals surface area (Å²) in [5.41, 5.74) is 2.92. The fraction of sp³-hybridized carbons (Fsp3) is 0.462. The number of hydrogen-bond donors (Lipinski definition) is 1. The van der Waals surface area contributed by atoms with Crippen LogP contribution in [0.25, 0.3) is 0 Å². The van der Waals surface area contributed by atoms with Gasteiger partial charge in [0.25, 0.3) is 0 Å². The predicted octanol–water partition coefficient (Wildman–Crippen LogP) is 1.03. The van der Waals surface area contributed by atoms with Crippen molar-refractivity contribution in [2.75, 3.05) is 17.7 Å². The van der Waals surface area contributed by atoms with Gasteiger partial charge in [0.1, 0.15) is 0 Å². The van der Waals surface area contributed by atoms with Crippen molar-refractivity contribution >= 4 is 21.6 Å². The van der Waals surface area contributed by atoms with Crippen LogP contribution in [0.2, 0.25) is 0 Å². The molecule has 1 aliphatic rings. The normalized spacial score (nSPS) is 15.5. The summed E-state index contributed by atoms with van der Waals surface area (Å²) in [6.45, 7) is 1.90. The fourth-order valence-electron chi connectivity index (χ4n) is 2.12. The Morgan fingerprint density at radius 2 is 2.05 bits per heavy atom. The van der Waals surface area contributed by atoms with Crippen molar-refractivity contribution < 1.29 is 13.2 Å². The number of benzene rings is 1. The zero-order valence-electron chi connectivity index (χ0n) is 11.1. The molecule has 0 radical (unpaired) electrons. The quantitative estimate of drug-likeness (QED) is 0.897. The smallest absolute Gasteiger partial charge is 0.227 e. The van der Waals surface area contributed by atoms with Crippen molar-refractivity contribution in [3.05, 3.63) is 29.3 Å². The molecule has 104 valence electrons. The number of fused-ring (bicyclic) bond motifs is 1. The summed E-state index contributed by atoms with van der Waals surface area (Å²) >= 11 is 0. The van der Waals surface area contributed by atoms with Crippen LogP contribution in [-0.4, -0.2) is 27.1 Å². The van der Waals surface area contributed by atoms with Crippen LogP contribution >= 0.6 is 0 Å². The highest BCUT2D eigenvalue weighted by atomic mass is 32.2. The van der Waals surface area contributed by atoms with E-state index in [0.717, 1.165) is 16.8 Å². The van der Waals surface area contributed by atoms with Gasteiger partial charge < -0.3 is 4.90 Å². The molecular weight excluding hydrogens is 264 g/mol. The van der Waals surface area contributed by atoms with Gasteiger partial charge in [0.05, 0.1) is 5.75 Å². The highest BCUT2D eigenvalue weighted by molar-refractivity contribution is 7.89. The van der Waals surface area contributed by atoms with E-state index in [9.17, 15) is 13.2 Å². The summed E-state index contributed by atoms with van der Waals surface area (Å²) in [6.07, 6.45) is 1.22. The first kappa shape index (κ1) is 14.0. The zero-order valence-corrected chi connectivity index (χ0v) is 12.0. The maximum atomic E-state index is 11.6. The van der Waals surface area contributed by atoms with Crippen LogP contribution in [0.1, 0.15) is 24.5 Å². The van der Waals surface area contributed by atoms with E-state index in [2.05, 4.69) is 4.72 Å². The molecule has 1 aromatic rings. The van der Waals surface area contributed by atoms with E-state index in [-0.39, 0.29) is 11.7 Å². The predicted molar refractivity (Wildman–Crippen MR) is 74.5 cm³/mol. The Bertz CT molecular complexity index is 596. The molecule has 0 fully saturated rings. The number of aryl methyl sites for hydroxylation is 1. The van der Waals surface area contributed by atoms with Crippen molar-refractivity contribution in [1.82, 2.24) is 4.72 Å². The average Bonchev–Trinajstić information content (AvgIpc) is 2.41. The zero-order chi connectivity index (χ0) is 14.0. The van der Waals surface area contributed by atoms with E-state index >= 15 is 0 Å². The minimum atomic E-state index is -3.17. The lowest BCUT2D eigenvalue weighted by Gasteiger charge is -2.26. The lowest BCUT2D eigenvalue weighted by atomic mass is 9.99. The molecule has 1 aliphatic heterocycles. The van der Waals surface area contributed by atoms with Crippen molar-refractivity contribution in [2.45, 2.75) is 26.3 Å². The topological polar surface area (TPSA) is 66.5 Å². The molecule has 0 saturated carbocycles. The number of rotatable bonds is 4. The number of hydrogen-bond acceptors (Lipinski definition) is 3. The summed E-state index contributed by atoms with van der Waals surface area (Å²) in [5, 5.41) is 0. The van der Waals surface area contributed by atoms with Gasteiger partial charge in [-0.25, -0.2) is 13.1 Å². The first-order valence-electron chi connectivity index (χ1n) is 6.28. The summed E-state index contributed by atoms with van der Waals surface area (Å²) < 4.78 is 25.3. The van der Waals surface area contributed by atoms with E-state index < -0.39 is 10.0 Å². The molecule has 0 saturated heterocycles. The Balaban J connectivity index is 2.16. The molecule has 0 spiro atoms. The molecule has 0 bridgehead atoms. The van der Waals surface area contributed by atoms with Gasteiger partial charge in [-0.1, -0.05) is 12.1 Å². The van der Waals surface area contributed by atoms with Gasteiger partial charge in [0.15, 0.2) is 0 Å². The monoisotopic (exact) mass is 282 g/mol. The number of anilines is 1. The highest BCUT2D eigenvalue weighted by Gasteiger charge is 2.20. The molecular formula is C13H18N2O3S. The minimum absolute atomic E-state index is 0.0786. The summed E-state index contributed by atoms with van der Waals surface area (Å²) in [4.78, 5) is 13.2. The SMILES string of the molecule is CCS(=O)(=O)NCc1ccc2c(c1)CCC(=O)N2C. The van der Waals surface area contributed by atoms with Gasteiger partial charge in [0, 0.05) is 25.7 Å². The van der Waals surface area contributed by atoms with E-state index in [1.807, 2.05) is 18.2 Å². The molecule has 0 unspecified atom stereocenters. The Labute approximate surface area is 113 Å². The fourth-order valence-corrected chi connectivity index (χ4v) is 2.71. The van der Waals surface area contributed by atoms with Crippen LogP contribution < -0.4 is 9.62 Å². The third-order valence-electron chi connectivity index (χ3n) is 3.36. The molecule has 6 heteroatoms. The summed E-state index contributed by atoms with van der Waals surface area (Å²) in [7, 11) is -1.41. The summed E-state index contributed by atoms with van der Waals surface area (Å²) in [5.74, 6) is 0.196. The van der Waals surface area contributed by atoms with Gasteiger partial charge in [0.2, 0.25) is 15.9 Å². The lowest BCUT2D eigenvalue weighted by molar-refractivity contribution is -0.118. The first-order valence-corrected chi connectivity index (χ1v) is 7.94. The second kappa shape index (κ2) is 5.30. The van der Waals surface area contributed by atoms with Gasteiger partial charge in [-0.15, -0.1) is 0 Å². The molecule has 1 heterocycles. The van der Waals surface area contributed by atoms with Crippen LogP contribution in [0.5, 0.6) is 0 Å². The largest absolute Gasteiger partial charge is 0.315 e. The van der Waals surface area contributed by atoms with Crippen molar-refractivity contribution in [2.24, 2.45) is 0 Å². The van der Waals surface area contributed by atoms with Crippen molar-refractivity contribution in [3.63, 3.8) is 0 Å². The highest BCUT2D eigenvalue weighted by Crippen LogP contribution is 2.27. The van der Waals surface area contributed by atoms with Gasteiger partial charge in [-0.2, -0.15) is 0 Å². The Kier molecular flexibility index (Phi) is 3.91. The van der Waals surface area contributed by atoms with Gasteiger partial charge >= 0.3 is 0 Å². The maximum Gasteiger partial charge on any atom is 0.227 e. The third-order valence-corrected chi connectivity index (χ3v) is 4.71. The molecule has 19 heavy (non-hydrogen) atoms. The number of carbonyl (C=O) groups is 1. The number of nitrogens with one attached hydrogen (secondary N) is 1. The van der Waals surface area contributed by atoms with E-state index in [1.54, 1.807) is 18.9 Å². The van der Waals surface area contributed by atoms with Crippen molar-refractivity contribution in [3.8, 4) is 0 Å². The second-order valence-corrected chi connectivity index (χ2v) is 6.74. The number of nitrogens with zero attached hydrogens (tertiary/aromatic N) is 1. The Morgan fingerprint density at radius 1 is 1.32 bits per heavy atom. The molecule has 5 nitrogen and oxygen atoms in total. The third kappa shape index (κ3) is 3.13. The molecule has 1 aromatic carbocycles. The number of amides is 1. The van der Waals surface area contributed by atoms with Crippen LogP contribution in [0.4, 0.5) is 5.69 Å². The number of carbonyl (C=O) groups excluding carboxylic acids is 1. The van der Waals surface area contributed by atoms with E-state index in [0.29, 0.717) is 19.4 Å². The van der Waals surface area contributed by atoms with Crippen LogP contribution in [0.3, 0.4) is 0 Å². The molecule has 0 aliphatic carbocycles. The molecule has 1 N–H and O–H groups in total. The molecule has 0 atom stereocenters. The second-order valence-electron chi connectivity index (χ2n) is 4.64. The van der Waals surface area contributed by atoms with E-state index in [4.69, 9.17) is 0 Å². The first-order chi connectivity index (χ1) is 8.93. The molecule has 1 amide bonds. The standard InChI is InChI=1S/C13H18N2O3S/c1-3-19(17,18)14-9-10-4-6-12-11(8-10)5-7-13(16)15(12)2/h4,6,8,14H,3,5,7,9H2,1-2H3. The molecule has 2 rings (SSSR count). The average molecular weight is 282 g/mol. The lowest BCUT2D eigenvalue weighted by Crippen LogP contribution is -2.31. The Hall–Kier alpha value is -1.40. The van der Waals surface area contributed by atoms with Crippen LogP contribution in [0.15, 0.2) is 18.2 Å². The maximum absolute atomic E-state index is 11.6. The van der Waals surface area contributed by atoms with Crippen LogP contribution in [-0.2, 0) is 27.8 Å². The van der Waals surface area contributed by atoms with Gasteiger partial charge in [-0.3, -0.25) is 4.79 Å². The van der Waals surface area contributed by atoms with E-state index in [1.165, 1.54) is 0 Å². The minimum Gasteiger partial charge on any atom is -0.315 e. The number of sulfonamides is 1. The van der Waals surface area contributed by atoms with Crippen LogP contribution in [0, 0.1) is 0 Å². The van der Waals surface area contributed by atoms with Crippen molar-refractivity contribution in [1.29, 1.82) is 0 Å². The van der Waals surface area contributed by atoms with Gasteiger partial charge in [-0.05, 0) is 30.5 Å². The summed E-state index contributed by atoms with van der Waals surface area (Å²) in [6, 6.07) is 5.70. The molecule has 0 aromatic heterocycles. The Morgan fingerprint density at radius 3 is 2.74 bits per heavy atom.